The van der Waals surface area contributed by atoms with E-state index in [9.17, 15) is 23.1 Å². The van der Waals surface area contributed by atoms with Crippen LogP contribution in [0.3, 0.4) is 0 Å². The molecular weight excluding hydrogens is 347 g/mol. The topological polar surface area (TPSA) is 51.5 Å². The van der Waals surface area contributed by atoms with Crippen LogP contribution < -0.4 is 10.2 Å². The van der Waals surface area contributed by atoms with Gasteiger partial charge in [-0.25, -0.2) is 0 Å². The second-order valence-corrected chi connectivity index (χ2v) is 5.39. The Bertz CT molecular complexity index is 760. The summed E-state index contributed by atoms with van der Waals surface area (Å²) in [6, 6.07) is 9.69. The van der Waals surface area contributed by atoms with Crippen molar-refractivity contribution in [1.82, 2.24) is 4.57 Å². The second-order valence-electron chi connectivity index (χ2n) is 5.12. The first-order chi connectivity index (χ1) is 11.3. The van der Waals surface area contributed by atoms with Crippen molar-refractivity contribution >= 4 is 11.6 Å². The number of ether oxygens (including phenoxy) is 1. The smallest absolute Gasteiger partial charge is 0.420 e. The highest BCUT2D eigenvalue weighted by Gasteiger charge is 2.41. The van der Waals surface area contributed by atoms with Crippen molar-refractivity contribution in [2.75, 3.05) is 0 Å². The third-order valence-corrected chi connectivity index (χ3v) is 3.75. The fourth-order valence-electron chi connectivity index (χ4n) is 2.21. The molecule has 0 fully saturated rings. The van der Waals surface area contributed by atoms with Crippen molar-refractivity contribution in [2.45, 2.75) is 24.8 Å². The number of alkyl halides is 4. The molecule has 0 amide bonds. The van der Waals surface area contributed by atoms with E-state index >= 15 is 0 Å². The highest BCUT2D eigenvalue weighted by Crippen LogP contribution is 2.33. The minimum atomic E-state index is -4.89. The molecule has 130 valence electrons. The maximum absolute atomic E-state index is 12.7. The average molecular weight is 362 g/mol. The number of rotatable bonds is 5. The first-order valence-corrected chi connectivity index (χ1v) is 7.49. The summed E-state index contributed by atoms with van der Waals surface area (Å²) in [5.74, 6) is -0.372. The highest BCUT2D eigenvalue weighted by atomic mass is 35.5. The number of hydrogen-bond donors (Lipinski definition) is 1. The van der Waals surface area contributed by atoms with Gasteiger partial charge in [0, 0.05) is 13.1 Å². The molecule has 0 bridgehead atoms. The fourth-order valence-corrected chi connectivity index (χ4v) is 2.51. The molecule has 0 saturated carbocycles. The van der Waals surface area contributed by atoms with Crippen molar-refractivity contribution in [2.24, 2.45) is 7.05 Å². The Morgan fingerprint density at radius 3 is 2.46 bits per heavy atom. The van der Waals surface area contributed by atoms with Crippen molar-refractivity contribution in [3.05, 3.63) is 63.6 Å². The average Bonchev–Trinajstić information content (AvgIpc) is 2.54. The van der Waals surface area contributed by atoms with Gasteiger partial charge in [-0.1, -0.05) is 30.3 Å². The molecule has 0 aliphatic heterocycles. The predicted octanol–water partition coefficient (Wildman–Crippen LogP) is 3.30. The Kier molecular flexibility index (Phi) is 5.56. The van der Waals surface area contributed by atoms with E-state index in [1.165, 1.54) is 7.05 Å². The molecule has 0 aliphatic rings. The molecule has 1 aromatic heterocycles. The minimum Gasteiger partial charge on any atom is -0.483 e. The van der Waals surface area contributed by atoms with Gasteiger partial charge < -0.3 is 14.4 Å². The zero-order chi connectivity index (χ0) is 17.9. The zero-order valence-corrected chi connectivity index (χ0v) is 13.4. The van der Waals surface area contributed by atoms with Gasteiger partial charge in [-0.2, -0.15) is 13.2 Å². The summed E-state index contributed by atoms with van der Waals surface area (Å²) >= 11 is 5.78. The Labute approximate surface area is 141 Å². The van der Waals surface area contributed by atoms with Crippen LogP contribution in [0.25, 0.3) is 0 Å². The largest absolute Gasteiger partial charge is 0.483 e. The third kappa shape index (κ3) is 3.91. The molecule has 0 saturated heterocycles. The molecule has 1 heterocycles. The molecule has 1 atom stereocenters. The summed E-state index contributed by atoms with van der Waals surface area (Å²) < 4.78 is 44.7. The van der Waals surface area contributed by atoms with Crippen LogP contribution >= 0.6 is 11.6 Å². The number of nitrogens with zero attached hydrogens (tertiary/aromatic N) is 1. The maximum atomic E-state index is 12.7. The van der Waals surface area contributed by atoms with Gasteiger partial charge in [-0.05, 0) is 5.56 Å². The van der Waals surface area contributed by atoms with Crippen LogP contribution in [0.5, 0.6) is 5.75 Å². The summed E-state index contributed by atoms with van der Waals surface area (Å²) in [5, 5.41) is 9.41. The predicted molar refractivity (Wildman–Crippen MR) is 83.0 cm³/mol. The molecule has 8 heteroatoms. The summed E-state index contributed by atoms with van der Waals surface area (Å²) in [6.07, 6.45) is -7.67. The third-order valence-electron chi connectivity index (χ3n) is 3.50. The number of halogens is 4. The van der Waals surface area contributed by atoms with E-state index in [0.717, 1.165) is 10.1 Å². The molecule has 1 unspecified atom stereocenters. The summed E-state index contributed by atoms with van der Waals surface area (Å²) in [5.41, 5.74) is -0.494. The fraction of sp³-hybridized carbons (Fsp3) is 0.312. The molecule has 0 radical (unpaired) electrons. The lowest BCUT2D eigenvalue weighted by Gasteiger charge is -2.21. The van der Waals surface area contributed by atoms with Crippen molar-refractivity contribution in [3.8, 4) is 5.75 Å². The van der Waals surface area contributed by atoms with Crippen LogP contribution in [-0.2, 0) is 19.5 Å². The van der Waals surface area contributed by atoms with E-state index in [4.69, 9.17) is 16.3 Å². The molecule has 2 aromatic rings. The van der Waals surface area contributed by atoms with Gasteiger partial charge in [0.25, 0.3) is 0 Å². The number of aromatic nitrogens is 1. The first kappa shape index (κ1) is 18.4. The quantitative estimate of drug-likeness (QED) is 0.831. The van der Waals surface area contributed by atoms with E-state index < -0.39 is 23.4 Å². The van der Waals surface area contributed by atoms with Crippen molar-refractivity contribution in [1.29, 1.82) is 0 Å². The van der Waals surface area contributed by atoms with E-state index in [1.807, 2.05) is 6.07 Å². The first-order valence-electron chi connectivity index (χ1n) is 6.96. The summed E-state index contributed by atoms with van der Waals surface area (Å²) in [7, 11) is 1.29. The van der Waals surface area contributed by atoms with Gasteiger partial charge in [-0.3, -0.25) is 4.79 Å². The molecule has 0 spiro atoms. The molecule has 2 rings (SSSR count). The molecule has 1 aromatic carbocycles. The summed E-state index contributed by atoms with van der Waals surface area (Å²) in [6.45, 7) is 0.0706. The van der Waals surface area contributed by atoms with Crippen molar-refractivity contribution in [3.63, 3.8) is 0 Å². The normalized spacial score (nSPS) is 12.9. The van der Waals surface area contributed by atoms with Gasteiger partial charge in [0.05, 0.1) is 17.3 Å². The number of aliphatic hydroxyl groups is 1. The van der Waals surface area contributed by atoms with Gasteiger partial charge in [0.15, 0.2) is 11.9 Å². The van der Waals surface area contributed by atoms with E-state index in [-0.39, 0.29) is 23.9 Å². The molecule has 24 heavy (non-hydrogen) atoms. The van der Waals surface area contributed by atoms with Crippen LogP contribution in [0.2, 0.25) is 0 Å². The lowest BCUT2D eigenvalue weighted by atomic mass is 10.1. The van der Waals surface area contributed by atoms with Crippen molar-refractivity contribution < 1.29 is 23.0 Å². The zero-order valence-electron chi connectivity index (χ0n) is 12.7. The molecular formula is C16H15ClF3NO3. The van der Waals surface area contributed by atoms with Gasteiger partial charge in [0.1, 0.15) is 6.61 Å². The lowest BCUT2D eigenvalue weighted by molar-refractivity contribution is -0.208. The molecule has 4 nitrogen and oxygen atoms in total. The SMILES string of the molecule is Cn1c(C(O)C(F)(F)F)cc(=O)c(OCc2ccccc2)c1CCl. The number of benzene rings is 1. The molecule has 1 N–H and O–H groups in total. The Hall–Kier alpha value is -1.99. The van der Waals surface area contributed by atoms with E-state index in [0.29, 0.717) is 6.07 Å². The van der Waals surface area contributed by atoms with Crippen LogP contribution in [0.4, 0.5) is 13.2 Å². The van der Waals surface area contributed by atoms with Gasteiger partial charge in [-0.15, -0.1) is 11.6 Å². The van der Waals surface area contributed by atoms with Crippen LogP contribution in [0.15, 0.2) is 41.2 Å². The summed E-state index contributed by atoms with van der Waals surface area (Å²) in [4.78, 5) is 12.1. The monoisotopic (exact) mass is 361 g/mol. The standard InChI is InChI=1S/C16H15ClF3NO3/c1-21-11(15(23)16(18,19)20)7-13(22)14(12(21)8-17)24-9-10-5-3-2-4-6-10/h2-7,15,23H,8-9H2,1H3. The van der Waals surface area contributed by atoms with Crippen LogP contribution in [-0.4, -0.2) is 15.8 Å². The van der Waals surface area contributed by atoms with Crippen LogP contribution in [0.1, 0.15) is 23.1 Å². The maximum Gasteiger partial charge on any atom is 0.420 e. The van der Waals surface area contributed by atoms with E-state index in [2.05, 4.69) is 0 Å². The Morgan fingerprint density at radius 2 is 1.92 bits per heavy atom. The van der Waals surface area contributed by atoms with Gasteiger partial charge >= 0.3 is 6.18 Å². The Morgan fingerprint density at radius 1 is 1.29 bits per heavy atom. The highest BCUT2D eigenvalue weighted by molar-refractivity contribution is 6.17. The Balaban J connectivity index is 2.40. The minimum absolute atomic E-state index is 0.0680. The number of pyridine rings is 1. The van der Waals surface area contributed by atoms with Gasteiger partial charge in [0.2, 0.25) is 5.43 Å². The van der Waals surface area contributed by atoms with E-state index in [1.54, 1.807) is 24.3 Å². The number of hydrogen-bond acceptors (Lipinski definition) is 3. The number of aliphatic hydroxyl groups excluding tert-OH is 1. The molecule has 0 aliphatic carbocycles. The second kappa shape index (κ2) is 7.27. The van der Waals surface area contributed by atoms with Crippen LogP contribution in [0, 0.1) is 0 Å². The lowest BCUT2D eigenvalue weighted by Crippen LogP contribution is -2.27.